The van der Waals surface area contributed by atoms with Gasteiger partial charge in [-0.3, -0.25) is 14.7 Å². The van der Waals surface area contributed by atoms with E-state index in [1.807, 2.05) is 13.8 Å². The van der Waals surface area contributed by atoms with Gasteiger partial charge in [0.25, 0.3) is 0 Å². The normalized spacial score (nSPS) is 26.5. The van der Waals surface area contributed by atoms with Gasteiger partial charge >= 0.3 is 12.4 Å². The van der Waals surface area contributed by atoms with Gasteiger partial charge in [0.05, 0.1) is 17.9 Å². The van der Waals surface area contributed by atoms with E-state index in [1.165, 1.54) is 0 Å². The van der Waals surface area contributed by atoms with Crippen LogP contribution in [0.25, 0.3) is 0 Å². The second-order valence-corrected chi connectivity index (χ2v) is 13.3. The number of amides is 1. The van der Waals surface area contributed by atoms with Gasteiger partial charge in [-0.05, 0) is 78.1 Å². The van der Waals surface area contributed by atoms with Crippen LogP contribution in [0, 0.1) is 23.7 Å². The van der Waals surface area contributed by atoms with E-state index in [0.717, 1.165) is 38.1 Å². The maximum atomic E-state index is 13.9. The highest BCUT2D eigenvalue weighted by molar-refractivity contribution is 5.82. The summed E-state index contributed by atoms with van der Waals surface area (Å²) in [6.07, 6.45) is -5.53. The Bertz CT molecular complexity index is 856. The Balaban J connectivity index is 1.68. The van der Waals surface area contributed by atoms with Crippen molar-refractivity contribution in [2.45, 2.75) is 116 Å². The highest BCUT2D eigenvalue weighted by Gasteiger charge is 2.51. The van der Waals surface area contributed by atoms with Gasteiger partial charge < -0.3 is 15.1 Å². The fraction of sp³-hybridized carbons (Fsp3) is 0.933. The smallest absolute Gasteiger partial charge is 0.354 e. The Morgan fingerprint density at radius 3 is 1.90 bits per heavy atom. The standard InChI is InChI=1S/C30H51F6N5O/c1-20(2)37-28(38-21(3)4)41-15-13-40(14-16-41)26(23-9-7-6-8-10-23)27(42)39(5)12-11-22-17-24(29(31,32)33)19-25(18-22)30(34,35)36/h20-26H,6-19H2,1-5H3,(H,37,38). The Morgan fingerprint density at radius 1 is 0.881 bits per heavy atom. The number of hydrogen-bond donors (Lipinski definition) is 1. The van der Waals surface area contributed by atoms with Crippen molar-refractivity contribution in [3.05, 3.63) is 0 Å². The van der Waals surface area contributed by atoms with E-state index in [4.69, 9.17) is 4.99 Å². The molecule has 1 aliphatic heterocycles. The van der Waals surface area contributed by atoms with Crippen LogP contribution in [0.15, 0.2) is 4.99 Å². The van der Waals surface area contributed by atoms with E-state index in [1.54, 1.807) is 11.9 Å². The summed E-state index contributed by atoms with van der Waals surface area (Å²) in [6, 6.07) is 0.0300. The lowest BCUT2D eigenvalue weighted by Crippen LogP contribution is -2.60. The van der Waals surface area contributed by atoms with Crippen molar-refractivity contribution in [1.29, 1.82) is 0 Å². The minimum absolute atomic E-state index is 0.0673. The number of rotatable bonds is 8. The molecule has 3 atom stereocenters. The highest BCUT2D eigenvalue weighted by atomic mass is 19.4. The SMILES string of the molecule is CC(C)N=C(NC(C)C)N1CCN(C(C(=O)N(C)CCC2CC(C(F)(F)F)CC(C(F)(F)F)C2)C2CCCCC2)CC1. The van der Waals surface area contributed by atoms with Crippen LogP contribution in [-0.2, 0) is 4.79 Å². The summed E-state index contributed by atoms with van der Waals surface area (Å²) in [7, 11) is 1.65. The average molecular weight is 612 g/mol. The minimum atomic E-state index is -4.65. The molecule has 1 saturated heterocycles. The molecule has 244 valence electrons. The van der Waals surface area contributed by atoms with Crippen molar-refractivity contribution in [2.24, 2.45) is 28.7 Å². The zero-order valence-corrected chi connectivity index (χ0v) is 25.9. The summed E-state index contributed by atoms with van der Waals surface area (Å²) < 4.78 is 80.8. The number of piperazine rings is 1. The van der Waals surface area contributed by atoms with Crippen LogP contribution in [0.5, 0.6) is 0 Å². The molecule has 1 N–H and O–H groups in total. The fourth-order valence-corrected chi connectivity index (χ4v) is 6.95. The minimum Gasteiger partial charge on any atom is -0.354 e. The van der Waals surface area contributed by atoms with E-state index in [-0.39, 0.29) is 55.8 Å². The number of likely N-dealkylation sites (N-methyl/N-ethyl adjacent to an activating group) is 1. The molecule has 12 heteroatoms. The van der Waals surface area contributed by atoms with Gasteiger partial charge in [0, 0.05) is 51.9 Å². The predicted octanol–water partition coefficient (Wildman–Crippen LogP) is 6.32. The largest absolute Gasteiger partial charge is 0.391 e. The van der Waals surface area contributed by atoms with Gasteiger partial charge in [0.2, 0.25) is 5.91 Å². The van der Waals surface area contributed by atoms with Crippen LogP contribution in [0.2, 0.25) is 0 Å². The molecule has 3 fully saturated rings. The van der Waals surface area contributed by atoms with E-state index < -0.39 is 36.5 Å². The Hall–Kier alpha value is -1.72. The molecule has 0 bridgehead atoms. The molecule has 0 aromatic carbocycles. The zero-order chi connectivity index (χ0) is 31.2. The molecule has 42 heavy (non-hydrogen) atoms. The summed E-state index contributed by atoms with van der Waals surface area (Å²) in [5.74, 6) is -3.65. The van der Waals surface area contributed by atoms with Crippen molar-refractivity contribution in [3.8, 4) is 0 Å². The summed E-state index contributed by atoms with van der Waals surface area (Å²) in [4.78, 5) is 24.7. The van der Waals surface area contributed by atoms with Crippen molar-refractivity contribution in [3.63, 3.8) is 0 Å². The van der Waals surface area contributed by atoms with Gasteiger partial charge in [-0.2, -0.15) is 26.3 Å². The van der Waals surface area contributed by atoms with E-state index in [9.17, 15) is 31.1 Å². The third-order valence-corrected chi connectivity index (χ3v) is 9.13. The van der Waals surface area contributed by atoms with Crippen molar-refractivity contribution >= 4 is 11.9 Å². The first-order chi connectivity index (χ1) is 19.6. The lowest BCUT2D eigenvalue weighted by atomic mass is 9.73. The van der Waals surface area contributed by atoms with E-state index in [0.29, 0.717) is 26.2 Å². The van der Waals surface area contributed by atoms with Gasteiger partial charge in [-0.1, -0.05) is 19.3 Å². The molecule has 0 spiro atoms. The summed E-state index contributed by atoms with van der Waals surface area (Å²) >= 11 is 0. The van der Waals surface area contributed by atoms with Crippen molar-refractivity contribution < 1.29 is 31.1 Å². The molecule has 6 nitrogen and oxygen atoms in total. The number of carbonyl (C=O) groups excluding carboxylic acids is 1. The molecule has 1 amide bonds. The van der Waals surface area contributed by atoms with Crippen LogP contribution < -0.4 is 5.32 Å². The number of hydrogen-bond acceptors (Lipinski definition) is 3. The molecular formula is C30H51F6N5O. The third-order valence-electron chi connectivity index (χ3n) is 9.13. The van der Waals surface area contributed by atoms with Gasteiger partial charge in [0.15, 0.2) is 5.96 Å². The number of carbonyl (C=O) groups is 1. The quantitative estimate of drug-likeness (QED) is 0.198. The topological polar surface area (TPSA) is 51.2 Å². The van der Waals surface area contributed by atoms with Gasteiger partial charge in [-0.25, -0.2) is 0 Å². The molecule has 0 radical (unpaired) electrons. The highest BCUT2D eigenvalue weighted by Crippen LogP contribution is 2.48. The lowest BCUT2D eigenvalue weighted by molar-refractivity contribution is -0.229. The zero-order valence-electron chi connectivity index (χ0n) is 25.9. The maximum absolute atomic E-state index is 13.9. The first-order valence-electron chi connectivity index (χ1n) is 15.8. The Labute approximate surface area is 247 Å². The number of alkyl halides is 6. The van der Waals surface area contributed by atoms with Crippen molar-refractivity contribution in [2.75, 3.05) is 39.8 Å². The van der Waals surface area contributed by atoms with Crippen LogP contribution >= 0.6 is 0 Å². The first-order valence-corrected chi connectivity index (χ1v) is 15.8. The maximum Gasteiger partial charge on any atom is 0.391 e. The molecule has 0 aromatic heterocycles. The van der Waals surface area contributed by atoms with Crippen molar-refractivity contribution in [1.82, 2.24) is 20.0 Å². The van der Waals surface area contributed by atoms with Crippen LogP contribution in [0.4, 0.5) is 26.3 Å². The second-order valence-electron chi connectivity index (χ2n) is 13.3. The predicted molar refractivity (Wildman–Crippen MR) is 153 cm³/mol. The molecule has 1 heterocycles. The van der Waals surface area contributed by atoms with Gasteiger partial charge in [0.1, 0.15) is 0 Å². The van der Waals surface area contributed by atoms with Crippen LogP contribution in [0.3, 0.4) is 0 Å². The first kappa shape index (κ1) is 34.8. The molecule has 3 aliphatic rings. The Morgan fingerprint density at radius 2 is 1.43 bits per heavy atom. The third kappa shape index (κ3) is 9.91. The second kappa shape index (κ2) is 14.8. The van der Waals surface area contributed by atoms with E-state index >= 15 is 0 Å². The average Bonchev–Trinajstić information content (AvgIpc) is 2.91. The monoisotopic (exact) mass is 611 g/mol. The van der Waals surface area contributed by atoms with Gasteiger partial charge in [-0.15, -0.1) is 0 Å². The lowest BCUT2D eigenvalue weighted by Gasteiger charge is -2.44. The molecule has 2 aliphatic carbocycles. The van der Waals surface area contributed by atoms with Crippen LogP contribution in [0.1, 0.15) is 85.5 Å². The number of halogens is 6. The molecule has 2 saturated carbocycles. The molecule has 3 rings (SSSR count). The number of nitrogens with zero attached hydrogens (tertiary/aromatic N) is 4. The Kier molecular flexibility index (Phi) is 12.3. The fourth-order valence-electron chi connectivity index (χ4n) is 6.95. The number of nitrogens with one attached hydrogen (secondary N) is 1. The van der Waals surface area contributed by atoms with E-state index in [2.05, 4.69) is 29.0 Å². The summed E-state index contributed by atoms with van der Waals surface area (Å²) in [5, 5.41) is 3.44. The summed E-state index contributed by atoms with van der Waals surface area (Å²) in [6.45, 7) is 11.2. The molecule has 0 aromatic rings. The molecular weight excluding hydrogens is 560 g/mol. The molecule has 3 unspecified atom stereocenters. The summed E-state index contributed by atoms with van der Waals surface area (Å²) in [5.41, 5.74) is 0. The number of guanidine groups is 1. The van der Waals surface area contributed by atoms with Crippen LogP contribution in [-0.4, -0.2) is 96.8 Å². The number of aliphatic imine (C=N–C) groups is 1.